The number of hydrogen-bond acceptors (Lipinski definition) is 2. The van der Waals surface area contributed by atoms with E-state index in [0.717, 1.165) is 44.4 Å². The molecule has 2 aliphatic carbocycles. The molecule has 0 bridgehead atoms. The summed E-state index contributed by atoms with van der Waals surface area (Å²) in [4.78, 5) is 0. The van der Waals surface area contributed by atoms with Crippen LogP contribution < -0.4 is 0 Å². The van der Waals surface area contributed by atoms with E-state index in [9.17, 15) is 10.2 Å². The molecule has 0 fully saturated rings. The molecule has 238 valence electrons. The predicted octanol–water partition coefficient (Wildman–Crippen LogP) is 11.4. The summed E-state index contributed by atoms with van der Waals surface area (Å²) >= 11 is 0. The van der Waals surface area contributed by atoms with E-state index in [1.165, 1.54) is 66.4 Å². The third-order valence-electron chi connectivity index (χ3n) is 10.2. The maximum Gasteiger partial charge on any atom is 0.0728 e. The third-order valence-corrected chi connectivity index (χ3v) is 10.2. The van der Waals surface area contributed by atoms with Crippen molar-refractivity contribution in [3.63, 3.8) is 0 Å². The van der Waals surface area contributed by atoms with Crippen LogP contribution in [0.2, 0.25) is 0 Å². The van der Waals surface area contributed by atoms with Crippen molar-refractivity contribution in [1.29, 1.82) is 0 Å². The third kappa shape index (κ3) is 12.5. The number of rotatable bonds is 15. The quantitative estimate of drug-likeness (QED) is 0.150. The van der Waals surface area contributed by atoms with Crippen molar-refractivity contribution in [3.05, 3.63) is 69.9 Å². The fraction of sp³-hybridized carbons (Fsp3) is 0.700. The molecule has 2 nitrogen and oxygen atoms in total. The van der Waals surface area contributed by atoms with Gasteiger partial charge in [-0.1, -0.05) is 111 Å². The van der Waals surface area contributed by atoms with Crippen molar-refractivity contribution < 1.29 is 10.2 Å². The predicted molar refractivity (Wildman–Crippen MR) is 185 cm³/mol. The van der Waals surface area contributed by atoms with Crippen LogP contribution >= 0.6 is 0 Å². The highest BCUT2D eigenvalue weighted by Gasteiger charge is 2.35. The van der Waals surface area contributed by atoms with Crippen LogP contribution in [0, 0.1) is 22.7 Å². The second-order valence-corrected chi connectivity index (χ2v) is 15.5. The molecule has 0 saturated carbocycles. The molecule has 0 aromatic carbocycles. The van der Waals surface area contributed by atoms with Gasteiger partial charge in [-0.2, -0.15) is 0 Å². The summed E-state index contributed by atoms with van der Waals surface area (Å²) in [5.74, 6) is 1.31. The molecule has 2 N–H and O–H groups in total. The van der Waals surface area contributed by atoms with E-state index in [0.29, 0.717) is 5.92 Å². The molecule has 0 heterocycles. The van der Waals surface area contributed by atoms with Crippen LogP contribution in [0.15, 0.2) is 69.9 Å². The Morgan fingerprint density at radius 2 is 1.55 bits per heavy atom. The van der Waals surface area contributed by atoms with E-state index < -0.39 is 0 Å². The maximum absolute atomic E-state index is 10.2. The van der Waals surface area contributed by atoms with Gasteiger partial charge in [0.1, 0.15) is 0 Å². The number of hydrogen-bond donors (Lipinski definition) is 2. The molecule has 2 rings (SSSR count). The molecule has 0 saturated heterocycles. The molecule has 0 amide bonds. The molecule has 0 aromatic rings. The summed E-state index contributed by atoms with van der Waals surface area (Å²) in [5, 5.41) is 20.3. The fourth-order valence-corrected chi connectivity index (χ4v) is 7.68. The summed E-state index contributed by atoms with van der Waals surface area (Å²) in [6.07, 6.45) is 26.3. The van der Waals surface area contributed by atoms with Gasteiger partial charge in [0, 0.05) is 0 Å². The first-order valence-electron chi connectivity index (χ1n) is 17.0. The molecule has 0 aliphatic heterocycles. The van der Waals surface area contributed by atoms with Gasteiger partial charge in [-0.25, -0.2) is 0 Å². The van der Waals surface area contributed by atoms with E-state index in [2.05, 4.69) is 106 Å². The fourth-order valence-electron chi connectivity index (χ4n) is 7.68. The Bertz CT molecular complexity index is 1040. The Balaban J connectivity index is 1.67. The van der Waals surface area contributed by atoms with Crippen molar-refractivity contribution in [3.8, 4) is 0 Å². The molecule has 2 aliphatic rings. The lowest BCUT2D eigenvalue weighted by Gasteiger charge is -2.40. The molecular weight excluding hydrogens is 512 g/mol. The van der Waals surface area contributed by atoms with Gasteiger partial charge in [-0.3, -0.25) is 0 Å². The Morgan fingerprint density at radius 3 is 2.17 bits per heavy atom. The van der Waals surface area contributed by atoms with Crippen LogP contribution in [0.5, 0.6) is 0 Å². The standard InChI is InChI=1S/C40H66O2/c1-29(17-13-19-31(3)21-23-37-33(5)25-35(41)27-39(37,7)8)15-11-12-16-30(2)18-14-20-32(4)22-24-38-34(6)26-36(42)28-40(38,9)10/h11-12,15-16,19,25,32,35-37,41-42H,13-14,17-18,20-24,26-28H2,1-10H3/b12-11-,29-15-,30-16-,31-19-/t32?,35-,36-,37+/m0/s1. The zero-order valence-corrected chi connectivity index (χ0v) is 29.2. The molecule has 0 spiro atoms. The van der Waals surface area contributed by atoms with Gasteiger partial charge >= 0.3 is 0 Å². The SMILES string of the molecule is CC1=C[C@H](O)CC(C)(C)[C@@H]1CC/C(C)=C\CC\C(C)=C/C=C\C=C(\C)CCCC(C)CCC1=C(C)C[C@H](O)CC1(C)C. The van der Waals surface area contributed by atoms with Crippen LogP contribution in [0.3, 0.4) is 0 Å². The van der Waals surface area contributed by atoms with E-state index in [-0.39, 0.29) is 23.0 Å². The summed E-state index contributed by atoms with van der Waals surface area (Å²) in [6, 6.07) is 0. The first-order chi connectivity index (χ1) is 19.6. The van der Waals surface area contributed by atoms with Gasteiger partial charge in [0.05, 0.1) is 12.2 Å². The van der Waals surface area contributed by atoms with Gasteiger partial charge in [0.2, 0.25) is 0 Å². The maximum atomic E-state index is 10.2. The molecular formula is C40H66O2. The van der Waals surface area contributed by atoms with Crippen molar-refractivity contribution in [1.82, 2.24) is 0 Å². The topological polar surface area (TPSA) is 40.5 Å². The lowest BCUT2D eigenvalue weighted by atomic mass is 9.66. The minimum Gasteiger partial charge on any atom is -0.393 e. The van der Waals surface area contributed by atoms with Crippen molar-refractivity contribution >= 4 is 0 Å². The first-order valence-corrected chi connectivity index (χ1v) is 17.0. The average Bonchev–Trinajstić information content (AvgIpc) is 2.84. The Hall–Kier alpha value is -1.64. The minimum absolute atomic E-state index is 0.144. The minimum atomic E-state index is -0.278. The van der Waals surface area contributed by atoms with Gasteiger partial charge in [0.15, 0.2) is 0 Å². The van der Waals surface area contributed by atoms with Gasteiger partial charge in [-0.05, 0) is 128 Å². The van der Waals surface area contributed by atoms with Crippen LogP contribution in [-0.4, -0.2) is 22.4 Å². The van der Waals surface area contributed by atoms with E-state index in [4.69, 9.17) is 0 Å². The van der Waals surface area contributed by atoms with Gasteiger partial charge in [0.25, 0.3) is 0 Å². The largest absolute Gasteiger partial charge is 0.393 e. The highest BCUT2D eigenvalue weighted by Crippen LogP contribution is 2.44. The van der Waals surface area contributed by atoms with Gasteiger partial charge < -0.3 is 10.2 Å². The second-order valence-electron chi connectivity index (χ2n) is 15.5. The monoisotopic (exact) mass is 579 g/mol. The van der Waals surface area contributed by atoms with E-state index >= 15 is 0 Å². The van der Waals surface area contributed by atoms with Crippen molar-refractivity contribution in [2.75, 3.05) is 0 Å². The Kier molecular flexibility index (Phi) is 14.8. The highest BCUT2D eigenvalue weighted by atomic mass is 16.3. The normalized spacial score (nSPS) is 26.1. The molecule has 1 unspecified atom stereocenters. The second kappa shape index (κ2) is 17.0. The summed E-state index contributed by atoms with van der Waals surface area (Å²) in [6.45, 7) is 22.8. The smallest absolute Gasteiger partial charge is 0.0728 e. The van der Waals surface area contributed by atoms with Crippen molar-refractivity contribution in [2.45, 2.75) is 158 Å². The Labute approximate surface area is 260 Å². The lowest BCUT2D eigenvalue weighted by molar-refractivity contribution is 0.0982. The van der Waals surface area contributed by atoms with Crippen LogP contribution in [0.25, 0.3) is 0 Å². The molecule has 0 radical (unpaired) electrons. The number of aliphatic hydroxyl groups is 2. The summed E-state index contributed by atoms with van der Waals surface area (Å²) in [5.41, 5.74) is 9.09. The summed E-state index contributed by atoms with van der Waals surface area (Å²) in [7, 11) is 0. The van der Waals surface area contributed by atoms with Crippen LogP contribution in [0.4, 0.5) is 0 Å². The number of aliphatic hydroxyl groups excluding tert-OH is 2. The molecule has 42 heavy (non-hydrogen) atoms. The van der Waals surface area contributed by atoms with Crippen LogP contribution in [0.1, 0.15) is 146 Å². The van der Waals surface area contributed by atoms with Gasteiger partial charge in [-0.15, -0.1) is 0 Å². The Morgan fingerprint density at radius 1 is 0.905 bits per heavy atom. The van der Waals surface area contributed by atoms with Crippen LogP contribution in [-0.2, 0) is 0 Å². The number of allylic oxidation sites excluding steroid dienone is 10. The molecule has 2 heteroatoms. The van der Waals surface area contributed by atoms with E-state index in [1.807, 2.05) is 0 Å². The van der Waals surface area contributed by atoms with E-state index in [1.54, 1.807) is 5.57 Å². The average molecular weight is 579 g/mol. The molecule has 0 aromatic heterocycles. The first kappa shape index (κ1) is 36.6. The zero-order valence-electron chi connectivity index (χ0n) is 29.2. The molecule has 4 atom stereocenters. The van der Waals surface area contributed by atoms with Crippen molar-refractivity contribution in [2.24, 2.45) is 22.7 Å². The lowest BCUT2D eigenvalue weighted by Crippen LogP contribution is -2.33. The zero-order chi connectivity index (χ0) is 31.5. The summed E-state index contributed by atoms with van der Waals surface area (Å²) < 4.78 is 0. The highest BCUT2D eigenvalue weighted by molar-refractivity contribution is 5.24.